The van der Waals surface area contributed by atoms with E-state index in [1.54, 1.807) is 18.2 Å². The van der Waals surface area contributed by atoms with Gasteiger partial charge in [0.1, 0.15) is 18.2 Å². The summed E-state index contributed by atoms with van der Waals surface area (Å²) >= 11 is 1.25. The topological polar surface area (TPSA) is 50.7 Å². The lowest BCUT2D eigenvalue weighted by atomic mass is 10.1. The summed E-state index contributed by atoms with van der Waals surface area (Å²) in [5.41, 5.74) is 3.79. The van der Waals surface area contributed by atoms with Crippen molar-refractivity contribution in [2.75, 3.05) is 0 Å². The molecule has 1 aliphatic rings. The SMILES string of the molecule is Cc1ccc(COc2ccc(/C=C3\SC(=Nc4ccc(F)cc4)NC3=O)cc2)cc1. The zero-order valence-corrected chi connectivity index (χ0v) is 17.1. The first-order chi connectivity index (χ1) is 14.5. The van der Waals surface area contributed by atoms with E-state index in [-0.39, 0.29) is 11.7 Å². The fraction of sp³-hybridized carbons (Fsp3) is 0.0833. The van der Waals surface area contributed by atoms with E-state index >= 15 is 0 Å². The van der Waals surface area contributed by atoms with Crippen LogP contribution in [0.1, 0.15) is 16.7 Å². The molecule has 1 heterocycles. The summed E-state index contributed by atoms with van der Waals surface area (Å²) in [4.78, 5) is 17.1. The Morgan fingerprint density at radius 2 is 1.70 bits per heavy atom. The van der Waals surface area contributed by atoms with Crippen molar-refractivity contribution in [2.45, 2.75) is 13.5 Å². The fourth-order valence-corrected chi connectivity index (χ4v) is 3.62. The number of hydrogen-bond donors (Lipinski definition) is 1. The molecule has 150 valence electrons. The largest absolute Gasteiger partial charge is 0.489 e. The molecule has 0 aliphatic carbocycles. The number of carbonyl (C=O) groups is 1. The molecule has 1 aliphatic heterocycles. The Balaban J connectivity index is 1.39. The Kier molecular flexibility index (Phi) is 5.95. The first kappa shape index (κ1) is 19.9. The van der Waals surface area contributed by atoms with Crippen LogP contribution in [-0.4, -0.2) is 11.1 Å². The van der Waals surface area contributed by atoms with Crippen LogP contribution in [-0.2, 0) is 11.4 Å². The van der Waals surface area contributed by atoms with E-state index < -0.39 is 0 Å². The highest BCUT2D eigenvalue weighted by atomic mass is 32.2. The lowest BCUT2D eigenvalue weighted by Gasteiger charge is -2.07. The summed E-state index contributed by atoms with van der Waals surface area (Å²) < 4.78 is 18.8. The quantitative estimate of drug-likeness (QED) is 0.549. The van der Waals surface area contributed by atoms with Gasteiger partial charge < -0.3 is 10.1 Å². The van der Waals surface area contributed by atoms with Crippen LogP contribution in [0, 0.1) is 12.7 Å². The first-order valence-electron chi connectivity index (χ1n) is 9.39. The lowest BCUT2D eigenvalue weighted by Crippen LogP contribution is -2.19. The first-order valence-corrected chi connectivity index (χ1v) is 10.2. The minimum Gasteiger partial charge on any atom is -0.489 e. The van der Waals surface area contributed by atoms with Gasteiger partial charge in [0.25, 0.3) is 5.91 Å². The minimum atomic E-state index is -0.325. The van der Waals surface area contributed by atoms with Crippen molar-refractivity contribution in [1.82, 2.24) is 5.32 Å². The summed E-state index contributed by atoms with van der Waals surface area (Å²) in [5.74, 6) is 0.231. The zero-order valence-electron chi connectivity index (χ0n) is 16.3. The molecule has 0 spiro atoms. The number of carbonyl (C=O) groups excluding carboxylic acids is 1. The van der Waals surface area contributed by atoms with Crippen LogP contribution in [0.3, 0.4) is 0 Å². The Labute approximate surface area is 178 Å². The molecule has 0 atom stereocenters. The average molecular weight is 418 g/mol. The molecular weight excluding hydrogens is 399 g/mol. The fourth-order valence-electron chi connectivity index (χ4n) is 2.78. The van der Waals surface area contributed by atoms with E-state index in [0.29, 0.717) is 22.4 Å². The summed E-state index contributed by atoms with van der Waals surface area (Å²) in [6, 6.07) is 21.6. The number of rotatable bonds is 5. The van der Waals surface area contributed by atoms with E-state index in [0.717, 1.165) is 16.9 Å². The predicted molar refractivity (Wildman–Crippen MR) is 119 cm³/mol. The number of aryl methyl sites for hydroxylation is 1. The second kappa shape index (κ2) is 8.97. The van der Waals surface area contributed by atoms with E-state index in [2.05, 4.69) is 41.5 Å². The Morgan fingerprint density at radius 3 is 2.40 bits per heavy atom. The number of halogens is 1. The number of nitrogens with one attached hydrogen (secondary N) is 1. The highest BCUT2D eigenvalue weighted by Gasteiger charge is 2.23. The molecule has 0 bridgehead atoms. The smallest absolute Gasteiger partial charge is 0.264 e. The molecule has 1 N–H and O–H groups in total. The van der Waals surface area contributed by atoms with Crippen molar-refractivity contribution in [3.63, 3.8) is 0 Å². The van der Waals surface area contributed by atoms with Crippen LogP contribution in [0.2, 0.25) is 0 Å². The number of benzene rings is 3. The van der Waals surface area contributed by atoms with Crippen LogP contribution < -0.4 is 10.1 Å². The van der Waals surface area contributed by atoms with E-state index in [9.17, 15) is 9.18 Å². The van der Waals surface area contributed by atoms with E-state index in [4.69, 9.17) is 4.74 Å². The predicted octanol–water partition coefficient (Wildman–Crippen LogP) is 5.60. The third-order valence-electron chi connectivity index (χ3n) is 4.41. The maximum Gasteiger partial charge on any atom is 0.264 e. The van der Waals surface area contributed by atoms with Gasteiger partial charge in [-0.2, -0.15) is 0 Å². The molecule has 6 heteroatoms. The zero-order chi connectivity index (χ0) is 20.9. The number of nitrogens with zero attached hydrogens (tertiary/aromatic N) is 1. The summed E-state index contributed by atoms with van der Waals surface area (Å²) in [5, 5.41) is 3.20. The minimum absolute atomic E-state index is 0.208. The van der Waals surface area contributed by atoms with Gasteiger partial charge in [-0.25, -0.2) is 9.38 Å². The van der Waals surface area contributed by atoms with Crippen molar-refractivity contribution in [2.24, 2.45) is 4.99 Å². The van der Waals surface area contributed by atoms with Crippen molar-refractivity contribution in [3.8, 4) is 5.75 Å². The monoisotopic (exact) mass is 418 g/mol. The number of ether oxygens (including phenoxy) is 1. The number of amides is 1. The van der Waals surface area contributed by atoms with Crippen molar-refractivity contribution < 1.29 is 13.9 Å². The lowest BCUT2D eigenvalue weighted by molar-refractivity contribution is -0.115. The third-order valence-corrected chi connectivity index (χ3v) is 5.32. The molecule has 0 unspecified atom stereocenters. The van der Waals surface area contributed by atoms with Gasteiger partial charge in [0, 0.05) is 0 Å². The molecule has 4 rings (SSSR count). The number of thioether (sulfide) groups is 1. The van der Waals surface area contributed by atoms with Crippen molar-refractivity contribution in [1.29, 1.82) is 0 Å². The molecule has 1 fully saturated rings. The van der Waals surface area contributed by atoms with Crippen LogP contribution >= 0.6 is 11.8 Å². The molecule has 30 heavy (non-hydrogen) atoms. The molecule has 0 radical (unpaired) electrons. The van der Waals surface area contributed by atoms with Gasteiger partial charge in [0.15, 0.2) is 5.17 Å². The van der Waals surface area contributed by atoms with Crippen molar-refractivity contribution in [3.05, 3.63) is 100 Å². The molecule has 3 aromatic rings. The Morgan fingerprint density at radius 1 is 1.00 bits per heavy atom. The summed E-state index contributed by atoms with van der Waals surface area (Å²) in [6.45, 7) is 2.56. The van der Waals surface area contributed by atoms with Gasteiger partial charge in [0.2, 0.25) is 0 Å². The molecule has 3 aromatic carbocycles. The van der Waals surface area contributed by atoms with Gasteiger partial charge in [0.05, 0.1) is 10.6 Å². The maximum absolute atomic E-state index is 13.0. The molecule has 0 saturated carbocycles. The van der Waals surface area contributed by atoms with E-state index in [1.165, 1.54) is 29.5 Å². The average Bonchev–Trinajstić information content (AvgIpc) is 3.09. The second-order valence-electron chi connectivity index (χ2n) is 6.80. The van der Waals surface area contributed by atoms with Crippen molar-refractivity contribution >= 4 is 34.6 Å². The summed E-state index contributed by atoms with van der Waals surface area (Å²) in [7, 11) is 0. The number of aliphatic imine (C=N–C) groups is 1. The van der Waals surface area contributed by atoms with Gasteiger partial charge in [-0.1, -0.05) is 42.0 Å². The van der Waals surface area contributed by atoms with E-state index in [1.807, 2.05) is 24.3 Å². The van der Waals surface area contributed by atoms with Gasteiger partial charge in [-0.05, 0) is 72.3 Å². The Hall–Kier alpha value is -3.38. The van der Waals surface area contributed by atoms with Gasteiger partial charge in [-0.15, -0.1) is 0 Å². The highest BCUT2D eigenvalue weighted by Crippen LogP contribution is 2.28. The Bertz CT molecular complexity index is 1110. The summed E-state index contributed by atoms with van der Waals surface area (Å²) in [6.07, 6.45) is 1.80. The third kappa shape index (κ3) is 5.15. The maximum atomic E-state index is 13.0. The van der Waals surface area contributed by atoms with Crippen LogP contribution in [0.25, 0.3) is 6.08 Å². The van der Waals surface area contributed by atoms with Crippen LogP contribution in [0.5, 0.6) is 5.75 Å². The highest BCUT2D eigenvalue weighted by molar-refractivity contribution is 8.18. The molecule has 1 saturated heterocycles. The van der Waals surface area contributed by atoms with Gasteiger partial charge >= 0.3 is 0 Å². The number of hydrogen-bond acceptors (Lipinski definition) is 4. The number of amidine groups is 1. The van der Waals surface area contributed by atoms with Crippen LogP contribution in [0.15, 0.2) is 82.7 Å². The normalized spacial score (nSPS) is 16.1. The molecular formula is C24H19FN2O2S. The van der Waals surface area contributed by atoms with Crippen LogP contribution in [0.4, 0.5) is 10.1 Å². The molecule has 1 amide bonds. The standard InChI is InChI=1S/C24H19FN2O2S/c1-16-2-4-18(5-3-16)15-29-21-12-6-17(7-13-21)14-22-23(28)27-24(30-22)26-20-10-8-19(25)9-11-20/h2-14H,15H2,1H3,(H,26,27,28)/b22-14-. The van der Waals surface area contributed by atoms with Gasteiger partial charge in [-0.3, -0.25) is 4.79 Å². The second-order valence-corrected chi connectivity index (χ2v) is 7.83. The molecule has 4 nitrogen and oxygen atoms in total. The molecule has 0 aromatic heterocycles.